The van der Waals surface area contributed by atoms with Crippen molar-refractivity contribution in [3.8, 4) is 0 Å². The Morgan fingerprint density at radius 1 is 1.19 bits per heavy atom. The van der Waals surface area contributed by atoms with Crippen molar-refractivity contribution in [2.75, 3.05) is 5.32 Å². The molecule has 0 radical (unpaired) electrons. The standard InChI is InChI=1S/C12H12FN3/c1-9-2-11(13)4-12(3-9)16-7-10-5-14-8-15-6-10/h2-6,8,16H,7H2,1H3. The molecule has 0 saturated carbocycles. The van der Waals surface area contributed by atoms with E-state index in [0.717, 1.165) is 16.8 Å². The zero-order valence-corrected chi connectivity index (χ0v) is 8.94. The number of hydrogen-bond acceptors (Lipinski definition) is 3. The van der Waals surface area contributed by atoms with Crippen LogP contribution in [0.1, 0.15) is 11.1 Å². The lowest BCUT2D eigenvalue weighted by molar-refractivity contribution is 0.627. The van der Waals surface area contributed by atoms with Crippen LogP contribution in [0.2, 0.25) is 0 Å². The van der Waals surface area contributed by atoms with Crippen LogP contribution in [0.4, 0.5) is 10.1 Å². The summed E-state index contributed by atoms with van der Waals surface area (Å²) >= 11 is 0. The minimum Gasteiger partial charge on any atom is -0.381 e. The van der Waals surface area contributed by atoms with Gasteiger partial charge in [-0.1, -0.05) is 0 Å². The largest absolute Gasteiger partial charge is 0.381 e. The molecule has 0 fully saturated rings. The minimum atomic E-state index is -0.230. The Labute approximate surface area is 93.4 Å². The molecular weight excluding hydrogens is 205 g/mol. The van der Waals surface area contributed by atoms with E-state index >= 15 is 0 Å². The van der Waals surface area contributed by atoms with Crippen LogP contribution in [-0.4, -0.2) is 9.97 Å². The number of anilines is 1. The van der Waals surface area contributed by atoms with Gasteiger partial charge in [0.2, 0.25) is 0 Å². The van der Waals surface area contributed by atoms with Gasteiger partial charge in [-0.15, -0.1) is 0 Å². The third kappa shape index (κ3) is 2.76. The number of nitrogens with zero attached hydrogens (tertiary/aromatic N) is 2. The summed E-state index contributed by atoms with van der Waals surface area (Å²) in [7, 11) is 0. The smallest absolute Gasteiger partial charge is 0.125 e. The van der Waals surface area contributed by atoms with E-state index in [1.54, 1.807) is 12.4 Å². The van der Waals surface area contributed by atoms with E-state index in [-0.39, 0.29) is 5.82 Å². The second-order valence-corrected chi connectivity index (χ2v) is 3.62. The van der Waals surface area contributed by atoms with Gasteiger partial charge in [-0.05, 0) is 30.7 Å². The SMILES string of the molecule is Cc1cc(F)cc(NCc2cncnc2)c1. The molecule has 0 atom stereocenters. The van der Waals surface area contributed by atoms with Crippen LogP contribution >= 0.6 is 0 Å². The fourth-order valence-electron chi connectivity index (χ4n) is 1.46. The minimum absolute atomic E-state index is 0.230. The van der Waals surface area contributed by atoms with E-state index in [1.807, 2.05) is 13.0 Å². The molecule has 0 bridgehead atoms. The van der Waals surface area contributed by atoms with Crippen molar-refractivity contribution in [1.29, 1.82) is 0 Å². The number of aryl methyl sites for hydroxylation is 1. The van der Waals surface area contributed by atoms with Crippen molar-refractivity contribution in [1.82, 2.24) is 9.97 Å². The molecule has 1 aromatic heterocycles. The predicted octanol–water partition coefficient (Wildman–Crippen LogP) is 2.54. The first-order chi connectivity index (χ1) is 7.74. The first-order valence-electron chi connectivity index (χ1n) is 4.99. The number of rotatable bonds is 3. The maximum atomic E-state index is 13.1. The van der Waals surface area contributed by atoms with Crippen LogP contribution in [0, 0.1) is 12.7 Å². The first-order valence-corrected chi connectivity index (χ1v) is 4.99. The van der Waals surface area contributed by atoms with Crippen molar-refractivity contribution in [2.24, 2.45) is 0 Å². The molecule has 3 nitrogen and oxygen atoms in total. The highest BCUT2D eigenvalue weighted by Gasteiger charge is 1.98. The lowest BCUT2D eigenvalue weighted by atomic mass is 10.2. The topological polar surface area (TPSA) is 37.8 Å². The van der Waals surface area contributed by atoms with Gasteiger partial charge in [-0.2, -0.15) is 0 Å². The van der Waals surface area contributed by atoms with E-state index < -0.39 is 0 Å². The molecule has 0 aliphatic heterocycles. The van der Waals surface area contributed by atoms with E-state index in [2.05, 4.69) is 15.3 Å². The molecule has 0 aliphatic rings. The van der Waals surface area contributed by atoms with E-state index in [4.69, 9.17) is 0 Å². The summed E-state index contributed by atoms with van der Waals surface area (Å²) < 4.78 is 13.1. The van der Waals surface area contributed by atoms with E-state index in [1.165, 1.54) is 18.5 Å². The van der Waals surface area contributed by atoms with Gasteiger partial charge in [0.05, 0.1) is 0 Å². The van der Waals surface area contributed by atoms with Crippen LogP contribution in [0.3, 0.4) is 0 Å². The van der Waals surface area contributed by atoms with Crippen LogP contribution in [0.15, 0.2) is 36.9 Å². The summed E-state index contributed by atoms with van der Waals surface area (Å²) in [5.74, 6) is -0.230. The average molecular weight is 217 g/mol. The number of benzene rings is 1. The molecule has 1 aromatic carbocycles. The summed E-state index contributed by atoms with van der Waals surface area (Å²) in [6.45, 7) is 2.45. The lowest BCUT2D eigenvalue weighted by Crippen LogP contribution is -2.00. The lowest BCUT2D eigenvalue weighted by Gasteiger charge is -2.06. The van der Waals surface area contributed by atoms with Crippen LogP contribution in [-0.2, 0) is 6.54 Å². The van der Waals surface area contributed by atoms with Gasteiger partial charge >= 0.3 is 0 Å². The van der Waals surface area contributed by atoms with Gasteiger partial charge in [-0.25, -0.2) is 14.4 Å². The molecular formula is C12H12FN3. The van der Waals surface area contributed by atoms with Crippen molar-refractivity contribution < 1.29 is 4.39 Å². The highest BCUT2D eigenvalue weighted by Crippen LogP contribution is 2.13. The van der Waals surface area contributed by atoms with Gasteiger partial charge < -0.3 is 5.32 Å². The molecule has 2 rings (SSSR count). The van der Waals surface area contributed by atoms with Crippen LogP contribution in [0.5, 0.6) is 0 Å². The number of halogens is 1. The summed E-state index contributed by atoms with van der Waals surface area (Å²) in [5, 5.41) is 3.12. The predicted molar refractivity (Wildman–Crippen MR) is 60.5 cm³/mol. The van der Waals surface area contributed by atoms with Gasteiger partial charge in [0, 0.05) is 30.2 Å². The Kier molecular flexibility index (Phi) is 3.10. The normalized spacial score (nSPS) is 10.1. The molecule has 0 amide bonds. The van der Waals surface area contributed by atoms with E-state index in [0.29, 0.717) is 6.54 Å². The van der Waals surface area contributed by atoms with Crippen molar-refractivity contribution >= 4 is 5.69 Å². The van der Waals surface area contributed by atoms with Crippen LogP contribution < -0.4 is 5.32 Å². The Morgan fingerprint density at radius 3 is 2.62 bits per heavy atom. The molecule has 1 N–H and O–H groups in total. The van der Waals surface area contributed by atoms with Crippen molar-refractivity contribution in [2.45, 2.75) is 13.5 Å². The second-order valence-electron chi connectivity index (χ2n) is 3.62. The monoisotopic (exact) mass is 217 g/mol. The third-order valence-corrected chi connectivity index (χ3v) is 2.15. The maximum absolute atomic E-state index is 13.1. The van der Waals surface area contributed by atoms with Crippen LogP contribution in [0.25, 0.3) is 0 Å². The van der Waals surface area contributed by atoms with E-state index in [9.17, 15) is 4.39 Å². The molecule has 2 aromatic rings. The Balaban J connectivity index is 2.05. The highest BCUT2D eigenvalue weighted by atomic mass is 19.1. The summed E-state index contributed by atoms with van der Waals surface area (Å²) in [6, 6.07) is 4.86. The number of hydrogen-bond donors (Lipinski definition) is 1. The molecule has 0 unspecified atom stereocenters. The van der Waals surface area contributed by atoms with Gasteiger partial charge in [-0.3, -0.25) is 0 Å². The number of nitrogens with one attached hydrogen (secondary N) is 1. The zero-order valence-electron chi connectivity index (χ0n) is 8.94. The fraction of sp³-hybridized carbons (Fsp3) is 0.167. The van der Waals surface area contributed by atoms with Gasteiger partial charge in [0.1, 0.15) is 12.1 Å². The second kappa shape index (κ2) is 4.70. The van der Waals surface area contributed by atoms with Crippen molar-refractivity contribution in [3.05, 3.63) is 53.9 Å². The Bertz CT molecular complexity index is 451. The quantitative estimate of drug-likeness (QED) is 0.858. The first kappa shape index (κ1) is 10.5. The zero-order chi connectivity index (χ0) is 11.4. The van der Waals surface area contributed by atoms with Crippen molar-refractivity contribution in [3.63, 3.8) is 0 Å². The molecule has 82 valence electrons. The average Bonchev–Trinajstić information content (AvgIpc) is 2.27. The van der Waals surface area contributed by atoms with Gasteiger partial charge in [0.25, 0.3) is 0 Å². The number of aromatic nitrogens is 2. The summed E-state index contributed by atoms with van der Waals surface area (Å²) in [6.07, 6.45) is 4.94. The molecule has 1 heterocycles. The summed E-state index contributed by atoms with van der Waals surface area (Å²) in [5.41, 5.74) is 2.62. The highest BCUT2D eigenvalue weighted by molar-refractivity contribution is 5.46. The molecule has 0 saturated heterocycles. The summed E-state index contributed by atoms with van der Waals surface area (Å²) in [4.78, 5) is 7.81. The molecule has 0 aliphatic carbocycles. The Morgan fingerprint density at radius 2 is 1.94 bits per heavy atom. The molecule has 4 heteroatoms. The third-order valence-electron chi connectivity index (χ3n) is 2.15. The Hall–Kier alpha value is -1.97. The fourth-order valence-corrected chi connectivity index (χ4v) is 1.46. The molecule has 16 heavy (non-hydrogen) atoms. The maximum Gasteiger partial charge on any atom is 0.125 e. The van der Waals surface area contributed by atoms with Gasteiger partial charge in [0.15, 0.2) is 0 Å². The molecule has 0 spiro atoms.